The predicted octanol–water partition coefficient (Wildman–Crippen LogP) is 3.17. The first-order valence-corrected chi connectivity index (χ1v) is 5.18. The molecule has 7 heteroatoms. The minimum absolute atomic E-state index is 0.0543. The van der Waals surface area contributed by atoms with Gasteiger partial charge in [0.2, 0.25) is 5.54 Å². The molecule has 0 saturated carbocycles. The highest BCUT2D eigenvalue weighted by molar-refractivity contribution is 5.46. The third-order valence-electron chi connectivity index (χ3n) is 2.41. The Balaban J connectivity index is 2.78. The van der Waals surface area contributed by atoms with Crippen LogP contribution in [0, 0.1) is 10.1 Å². The fraction of sp³-hybridized carbons (Fsp3) is 0.455. The third-order valence-corrected chi connectivity index (χ3v) is 2.41. The molecule has 0 radical (unpaired) electrons. The van der Waals surface area contributed by atoms with E-state index in [4.69, 9.17) is 0 Å². The molecule has 0 amide bonds. The number of hydrogen-bond acceptors (Lipinski definition) is 3. The molecule has 18 heavy (non-hydrogen) atoms. The van der Waals surface area contributed by atoms with Crippen LogP contribution in [0.3, 0.4) is 0 Å². The molecule has 0 spiro atoms. The molecule has 0 saturated heterocycles. The van der Waals surface area contributed by atoms with Crippen molar-refractivity contribution in [1.82, 2.24) is 0 Å². The van der Waals surface area contributed by atoms with Gasteiger partial charge in [0.25, 0.3) is 0 Å². The van der Waals surface area contributed by atoms with E-state index in [-0.39, 0.29) is 12.2 Å². The van der Waals surface area contributed by atoms with Gasteiger partial charge in [0.1, 0.15) is 0 Å². The van der Waals surface area contributed by atoms with Gasteiger partial charge in [-0.1, -0.05) is 6.07 Å². The third kappa shape index (κ3) is 3.61. The lowest BCUT2D eigenvalue weighted by Crippen LogP contribution is -2.38. The number of nitrogens with one attached hydrogen (secondary N) is 1. The maximum Gasteiger partial charge on any atom is 0.416 e. The van der Waals surface area contributed by atoms with Gasteiger partial charge in [-0.2, -0.15) is 13.2 Å². The summed E-state index contributed by atoms with van der Waals surface area (Å²) in [5.41, 5.74) is -1.82. The molecule has 0 bridgehead atoms. The Morgan fingerprint density at radius 3 is 2.44 bits per heavy atom. The van der Waals surface area contributed by atoms with Crippen LogP contribution in [0.2, 0.25) is 0 Å². The van der Waals surface area contributed by atoms with E-state index in [1.807, 2.05) is 0 Å². The lowest BCUT2D eigenvalue weighted by atomic mass is 10.1. The Labute approximate surface area is 102 Å². The maximum atomic E-state index is 12.4. The van der Waals surface area contributed by atoms with Gasteiger partial charge in [0, 0.05) is 24.5 Å². The molecule has 0 atom stereocenters. The average Bonchev–Trinajstić information content (AvgIpc) is 2.25. The number of halogens is 3. The molecule has 0 fully saturated rings. The molecular formula is C11H13F3N2O2. The zero-order valence-electron chi connectivity index (χ0n) is 9.91. The number of rotatable bonds is 4. The van der Waals surface area contributed by atoms with Gasteiger partial charge < -0.3 is 5.32 Å². The number of hydrogen-bond donors (Lipinski definition) is 1. The van der Waals surface area contributed by atoms with Crippen molar-refractivity contribution >= 4 is 5.69 Å². The van der Waals surface area contributed by atoms with Crippen molar-refractivity contribution in [2.45, 2.75) is 25.6 Å². The largest absolute Gasteiger partial charge is 0.416 e. The minimum Gasteiger partial charge on any atom is -0.378 e. The topological polar surface area (TPSA) is 55.2 Å². The number of alkyl halides is 3. The van der Waals surface area contributed by atoms with Crippen LogP contribution in [-0.2, 0) is 6.18 Å². The highest BCUT2D eigenvalue weighted by Crippen LogP contribution is 2.30. The molecule has 1 aromatic rings. The predicted molar refractivity (Wildman–Crippen MR) is 61.0 cm³/mol. The summed E-state index contributed by atoms with van der Waals surface area (Å²) in [6.45, 7) is 2.74. The van der Waals surface area contributed by atoms with Crippen LogP contribution in [0.25, 0.3) is 0 Å². The molecule has 0 aliphatic carbocycles. The van der Waals surface area contributed by atoms with Gasteiger partial charge in [-0.25, -0.2) is 0 Å². The van der Waals surface area contributed by atoms with E-state index in [0.717, 1.165) is 12.1 Å². The minimum atomic E-state index is -4.42. The summed E-state index contributed by atoms with van der Waals surface area (Å²) in [6.07, 6.45) is -4.42. The van der Waals surface area contributed by atoms with Gasteiger partial charge >= 0.3 is 6.18 Å². The second-order valence-electron chi connectivity index (χ2n) is 4.50. The molecule has 1 rings (SSSR count). The van der Waals surface area contributed by atoms with Crippen LogP contribution in [0.4, 0.5) is 18.9 Å². The summed E-state index contributed by atoms with van der Waals surface area (Å²) in [5.74, 6) is 0. The van der Waals surface area contributed by atoms with E-state index in [1.165, 1.54) is 26.0 Å². The molecule has 1 aromatic carbocycles. The zero-order chi connectivity index (χ0) is 14.0. The standard InChI is InChI=1S/C11H13F3N2O2/c1-10(2,16(17)18)7-15-9-5-3-4-8(6-9)11(12,13)14/h3-6,15H,7H2,1-2H3. The van der Waals surface area contributed by atoms with E-state index in [2.05, 4.69) is 5.32 Å². The summed E-state index contributed by atoms with van der Waals surface area (Å²) in [6, 6.07) is 4.56. The van der Waals surface area contributed by atoms with Crippen LogP contribution >= 0.6 is 0 Å². The van der Waals surface area contributed by atoms with E-state index in [0.29, 0.717) is 0 Å². The smallest absolute Gasteiger partial charge is 0.378 e. The molecular weight excluding hydrogens is 249 g/mol. The molecule has 0 aromatic heterocycles. The van der Waals surface area contributed by atoms with Gasteiger partial charge in [-0.3, -0.25) is 10.1 Å². The number of benzene rings is 1. The highest BCUT2D eigenvalue weighted by Gasteiger charge is 2.32. The van der Waals surface area contributed by atoms with Crippen LogP contribution in [0.5, 0.6) is 0 Å². The van der Waals surface area contributed by atoms with Gasteiger partial charge in [-0.15, -0.1) is 0 Å². The monoisotopic (exact) mass is 262 g/mol. The van der Waals surface area contributed by atoms with Gasteiger partial charge in [0.15, 0.2) is 0 Å². The van der Waals surface area contributed by atoms with E-state index in [1.54, 1.807) is 0 Å². The molecule has 4 nitrogen and oxygen atoms in total. The SMILES string of the molecule is CC(C)(CNc1cccc(C(F)(F)F)c1)[N+](=O)[O-]. The Kier molecular flexibility index (Phi) is 3.83. The molecule has 0 aliphatic heterocycles. The summed E-state index contributed by atoms with van der Waals surface area (Å²) < 4.78 is 37.3. The van der Waals surface area contributed by atoms with E-state index < -0.39 is 22.2 Å². The first-order valence-electron chi connectivity index (χ1n) is 5.18. The van der Waals surface area contributed by atoms with Crippen molar-refractivity contribution in [3.8, 4) is 0 Å². The van der Waals surface area contributed by atoms with Crippen molar-refractivity contribution in [3.05, 3.63) is 39.9 Å². The average molecular weight is 262 g/mol. The molecule has 0 unspecified atom stereocenters. The molecule has 0 aliphatic rings. The number of anilines is 1. The Morgan fingerprint density at radius 1 is 1.33 bits per heavy atom. The Bertz CT molecular complexity index is 444. The summed E-state index contributed by atoms with van der Waals surface area (Å²) in [7, 11) is 0. The van der Waals surface area contributed by atoms with Crippen molar-refractivity contribution in [1.29, 1.82) is 0 Å². The molecule has 100 valence electrons. The zero-order valence-corrected chi connectivity index (χ0v) is 9.91. The quantitative estimate of drug-likeness (QED) is 0.669. The van der Waals surface area contributed by atoms with Crippen molar-refractivity contribution < 1.29 is 18.1 Å². The van der Waals surface area contributed by atoms with Gasteiger partial charge in [-0.05, 0) is 18.2 Å². The fourth-order valence-electron chi connectivity index (χ4n) is 1.19. The van der Waals surface area contributed by atoms with Crippen molar-refractivity contribution in [2.24, 2.45) is 0 Å². The maximum absolute atomic E-state index is 12.4. The summed E-state index contributed by atoms with van der Waals surface area (Å²) >= 11 is 0. The van der Waals surface area contributed by atoms with Gasteiger partial charge in [0.05, 0.1) is 12.1 Å². The second kappa shape index (κ2) is 4.83. The second-order valence-corrected chi connectivity index (χ2v) is 4.50. The lowest BCUT2D eigenvalue weighted by Gasteiger charge is -2.17. The van der Waals surface area contributed by atoms with Crippen molar-refractivity contribution in [2.75, 3.05) is 11.9 Å². The summed E-state index contributed by atoms with van der Waals surface area (Å²) in [4.78, 5) is 10.2. The first-order chi connectivity index (χ1) is 8.13. The Hall–Kier alpha value is -1.79. The molecule has 1 N–H and O–H groups in total. The normalized spacial score (nSPS) is 12.3. The first kappa shape index (κ1) is 14.3. The van der Waals surface area contributed by atoms with Crippen molar-refractivity contribution in [3.63, 3.8) is 0 Å². The van der Waals surface area contributed by atoms with Crippen LogP contribution in [0.1, 0.15) is 19.4 Å². The Morgan fingerprint density at radius 2 is 1.94 bits per heavy atom. The number of nitro groups is 1. The molecule has 0 heterocycles. The van der Waals surface area contributed by atoms with Crippen LogP contribution in [0.15, 0.2) is 24.3 Å². The van der Waals surface area contributed by atoms with Crippen LogP contribution in [-0.4, -0.2) is 17.0 Å². The summed E-state index contributed by atoms with van der Waals surface area (Å²) in [5, 5.41) is 13.3. The lowest BCUT2D eigenvalue weighted by molar-refractivity contribution is -0.556. The van der Waals surface area contributed by atoms with Crippen LogP contribution < -0.4 is 5.32 Å². The number of nitrogens with zero attached hydrogens (tertiary/aromatic N) is 1. The highest BCUT2D eigenvalue weighted by atomic mass is 19.4. The van der Waals surface area contributed by atoms with E-state index >= 15 is 0 Å². The fourth-order valence-corrected chi connectivity index (χ4v) is 1.19. The van der Waals surface area contributed by atoms with E-state index in [9.17, 15) is 23.3 Å².